The lowest BCUT2D eigenvalue weighted by Crippen LogP contribution is -2.29. The second kappa shape index (κ2) is 6.60. The van der Waals surface area contributed by atoms with Crippen molar-refractivity contribution in [1.29, 1.82) is 10.5 Å². The van der Waals surface area contributed by atoms with Crippen molar-refractivity contribution in [1.82, 2.24) is 0 Å². The molecule has 4 nitrogen and oxygen atoms in total. The van der Waals surface area contributed by atoms with Crippen LogP contribution in [0.4, 0.5) is 13.2 Å². The normalized spacial score (nSPS) is 12.4. The molecule has 0 atom stereocenters. The van der Waals surface area contributed by atoms with Crippen molar-refractivity contribution < 1.29 is 22.7 Å². The van der Waals surface area contributed by atoms with Crippen LogP contribution in [-0.2, 0) is 9.53 Å². The van der Waals surface area contributed by atoms with Gasteiger partial charge in [-0.05, 0) is 33.6 Å². The molecule has 0 heterocycles. The molecule has 0 aliphatic rings. The van der Waals surface area contributed by atoms with Crippen LogP contribution < -0.4 is 0 Å². The highest BCUT2D eigenvalue weighted by atomic mass is 19.4. The molecule has 0 bridgehead atoms. The molecule has 0 aromatic heterocycles. The van der Waals surface area contributed by atoms with E-state index in [1.54, 1.807) is 32.9 Å². The first-order valence-electron chi connectivity index (χ1n) is 6.04. The smallest absolute Gasteiger partial charge is 0.389 e. The minimum Gasteiger partial charge on any atom is -0.460 e. The van der Waals surface area contributed by atoms with E-state index in [2.05, 4.69) is 0 Å². The third kappa shape index (κ3) is 7.63. The maximum absolute atomic E-state index is 12.1. The number of hydrogen-bond acceptors (Lipinski definition) is 4. The van der Waals surface area contributed by atoms with E-state index in [0.717, 1.165) is 0 Å². The molecule has 20 heavy (non-hydrogen) atoms. The Morgan fingerprint density at radius 1 is 1.10 bits per heavy atom. The van der Waals surface area contributed by atoms with Crippen molar-refractivity contribution in [3.05, 3.63) is 0 Å². The Labute approximate surface area is 116 Å². The molecule has 0 unspecified atom stereocenters. The van der Waals surface area contributed by atoms with E-state index in [1.807, 2.05) is 0 Å². The molecule has 112 valence electrons. The predicted molar refractivity (Wildman–Crippen MR) is 64.0 cm³/mol. The molecule has 0 N–H and O–H groups in total. The monoisotopic (exact) mass is 290 g/mol. The van der Waals surface area contributed by atoms with Gasteiger partial charge in [0.05, 0.1) is 18.6 Å². The number of nitrogens with zero attached hydrogens (tertiary/aromatic N) is 2. The number of nitriles is 2. The summed E-state index contributed by atoms with van der Waals surface area (Å²) in [6.45, 7) is 4.86. The van der Waals surface area contributed by atoms with Crippen LogP contribution in [0.25, 0.3) is 0 Å². The zero-order chi connectivity index (χ0) is 16.0. The number of halogens is 3. The van der Waals surface area contributed by atoms with E-state index in [-0.39, 0.29) is 12.8 Å². The summed E-state index contributed by atoms with van der Waals surface area (Å²) >= 11 is 0. The fraction of sp³-hybridized carbons (Fsp3) is 0.769. The van der Waals surface area contributed by atoms with Crippen molar-refractivity contribution in [2.24, 2.45) is 5.41 Å². The van der Waals surface area contributed by atoms with Crippen LogP contribution in [0.3, 0.4) is 0 Å². The van der Waals surface area contributed by atoms with Gasteiger partial charge < -0.3 is 4.74 Å². The third-order valence-electron chi connectivity index (χ3n) is 2.36. The summed E-state index contributed by atoms with van der Waals surface area (Å²) in [5.41, 5.74) is -2.55. The van der Waals surface area contributed by atoms with Gasteiger partial charge in [0.25, 0.3) is 0 Å². The van der Waals surface area contributed by atoms with Gasteiger partial charge in [0, 0.05) is 6.42 Å². The van der Waals surface area contributed by atoms with Crippen LogP contribution in [0, 0.1) is 28.1 Å². The molecule has 0 saturated heterocycles. The highest BCUT2D eigenvalue weighted by molar-refractivity contribution is 5.72. The minimum absolute atomic E-state index is 0.321. The summed E-state index contributed by atoms with van der Waals surface area (Å²) in [5, 5.41) is 18.0. The summed E-state index contributed by atoms with van der Waals surface area (Å²) in [7, 11) is 0. The molecule has 0 amide bonds. The Morgan fingerprint density at radius 3 is 1.95 bits per heavy atom. The van der Waals surface area contributed by atoms with Crippen LogP contribution in [0.15, 0.2) is 0 Å². The lowest BCUT2D eigenvalue weighted by Gasteiger charge is -2.23. The first kappa shape index (κ1) is 18.2. The summed E-state index contributed by atoms with van der Waals surface area (Å²) in [4.78, 5) is 11.6. The molecule has 0 aromatic carbocycles. The van der Waals surface area contributed by atoms with Crippen molar-refractivity contribution >= 4 is 5.97 Å². The Balaban J connectivity index is 4.67. The van der Waals surface area contributed by atoms with Gasteiger partial charge in [0.2, 0.25) is 0 Å². The van der Waals surface area contributed by atoms with E-state index in [1.165, 1.54) is 0 Å². The second-order valence-electron chi connectivity index (χ2n) is 5.54. The molecule has 0 saturated carbocycles. The van der Waals surface area contributed by atoms with E-state index in [4.69, 9.17) is 15.3 Å². The van der Waals surface area contributed by atoms with Gasteiger partial charge >= 0.3 is 12.1 Å². The van der Waals surface area contributed by atoms with E-state index in [0.29, 0.717) is 0 Å². The molecule has 0 radical (unpaired) electrons. The van der Waals surface area contributed by atoms with Crippen LogP contribution >= 0.6 is 0 Å². The molecule has 0 spiro atoms. The van der Waals surface area contributed by atoms with Crippen molar-refractivity contribution in [3.8, 4) is 12.1 Å². The number of esters is 1. The molecular formula is C13H17F3N2O2. The topological polar surface area (TPSA) is 73.9 Å². The molecule has 0 fully saturated rings. The molecule has 0 rings (SSSR count). The average molecular weight is 290 g/mol. The number of carbonyl (C=O) groups excluding carboxylic acids is 1. The first-order valence-corrected chi connectivity index (χ1v) is 6.04. The van der Waals surface area contributed by atoms with Crippen LogP contribution in [-0.4, -0.2) is 17.7 Å². The molecule has 0 aromatic rings. The van der Waals surface area contributed by atoms with Crippen molar-refractivity contribution in [2.45, 2.75) is 58.2 Å². The standard InChI is InChI=1S/C13H17F3N2O2/c1-11(2,3)20-10(19)7-12(8-17,9-18)5-4-6-13(14,15)16/h4-7H2,1-3H3. The quantitative estimate of drug-likeness (QED) is 0.726. The number of alkyl halides is 3. The number of rotatable bonds is 5. The molecule has 0 aliphatic heterocycles. The highest BCUT2D eigenvalue weighted by Crippen LogP contribution is 2.32. The second-order valence-corrected chi connectivity index (χ2v) is 5.54. The van der Waals surface area contributed by atoms with Gasteiger partial charge in [-0.2, -0.15) is 23.7 Å². The lowest BCUT2D eigenvalue weighted by atomic mass is 9.82. The van der Waals surface area contributed by atoms with Gasteiger partial charge in [-0.1, -0.05) is 0 Å². The van der Waals surface area contributed by atoms with E-state index >= 15 is 0 Å². The summed E-state index contributed by atoms with van der Waals surface area (Å²) < 4.78 is 41.2. The number of carbonyl (C=O) groups is 1. The summed E-state index contributed by atoms with van der Waals surface area (Å²) in [6, 6.07) is 3.28. The largest absolute Gasteiger partial charge is 0.460 e. The Morgan fingerprint density at radius 2 is 1.60 bits per heavy atom. The fourth-order valence-electron chi connectivity index (χ4n) is 1.52. The SMILES string of the molecule is CC(C)(C)OC(=O)CC(C#N)(C#N)CCCC(F)(F)F. The average Bonchev–Trinajstić information content (AvgIpc) is 2.23. The minimum atomic E-state index is -4.34. The fourth-order valence-corrected chi connectivity index (χ4v) is 1.52. The maximum atomic E-state index is 12.1. The van der Waals surface area contributed by atoms with Crippen molar-refractivity contribution in [3.63, 3.8) is 0 Å². The third-order valence-corrected chi connectivity index (χ3v) is 2.36. The first-order chi connectivity index (χ1) is 8.93. The Kier molecular flexibility index (Phi) is 6.02. The number of ether oxygens (including phenoxy) is 1. The summed E-state index contributed by atoms with van der Waals surface area (Å²) in [5.74, 6) is -0.771. The number of hydrogen-bond donors (Lipinski definition) is 0. The molecule has 0 aliphatic carbocycles. The highest BCUT2D eigenvalue weighted by Gasteiger charge is 2.36. The zero-order valence-electron chi connectivity index (χ0n) is 11.7. The Hall–Kier alpha value is -1.76. The van der Waals surface area contributed by atoms with Crippen LogP contribution in [0.5, 0.6) is 0 Å². The molecular weight excluding hydrogens is 273 g/mol. The van der Waals surface area contributed by atoms with Crippen molar-refractivity contribution in [2.75, 3.05) is 0 Å². The van der Waals surface area contributed by atoms with Gasteiger partial charge in [0.1, 0.15) is 5.60 Å². The zero-order valence-corrected chi connectivity index (χ0v) is 11.7. The van der Waals surface area contributed by atoms with Gasteiger partial charge in [-0.3, -0.25) is 4.79 Å². The van der Waals surface area contributed by atoms with Gasteiger partial charge in [-0.15, -0.1) is 0 Å². The van der Waals surface area contributed by atoms with E-state index < -0.39 is 36.0 Å². The summed E-state index contributed by atoms with van der Waals surface area (Å²) in [6.07, 6.45) is -6.67. The van der Waals surface area contributed by atoms with Crippen LogP contribution in [0.2, 0.25) is 0 Å². The Bertz CT molecular complexity index is 411. The maximum Gasteiger partial charge on any atom is 0.389 e. The molecule has 7 heteroatoms. The lowest BCUT2D eigenvalue weighted by molar-refractivity contribution is -0.156. The van der Waals surface area contributed by atoms with Gasteiger partial charge in [-0.25, -0.2) is 0 Å². The van der Waals surface area contributed by atoms with E-state index in [9.17, 15) is 18.0 Å². The predicted octanol–water partition coefficient (Wildman–Crippen LogP) is 3.48. The van der Waals surface area contributed by atoms with Crippen LogP contribution in [0.1, 0.15) is 46.5 Å². The van der Waals surface area contributed by atoms with Gasteiger partial charge in [0.15, 0.2) is 5.41 Å².